The van der Waals surface area contributed by atoms with Gasteiger partial charge in [-0.2, -0.15) is 0 Å². The number of nitrogens with one attached hydrogen (secondary N) is 2. The lowest BCUT2D eigenvalue weighted by Gasteiger charge is -2.13. The van der Waals surface area contributed by atoms with E-state index in [1.165, 1.54) is 11.3 Å². The van der Waals surface area contributed by atoms with Gasteiger partial charge in [-0.05, 0) is 72.8 Å². The molecule has 44 heavy (non-hydrogen) atoms. The number of fused-ring (bicyclic) bond motifs is 2. The molecule has 0 atom stereocenters. The van der Waals surface area contributed by atoms with Gasteiger partial charge in [-0.3, -0.25) is 4.79 Å². The van der Waals surface area contributed by atoms with Gasteiger partial charge in [-0.25, -0.2) is 14.5 Å². The molecule has 0 radical (unpaired) electrons. The van der Waals surface area contributed by atoms with Crippen molar-refractivity contribution in [2.24, 2.45) is 0 Å². The Kier molecular flexibility index (Phi) is 7.43. The number of hydrogen-bond donors (Lipinski definition) is 3. The van der Waals surface area contributed by atoms with Crippen molar-refractivity contribution in [1.82, 2.24) is 19.6 Å². The van der Waals surface area contributed by atoms with Gasteiger partial charge in [0.15, 0.2) is 11.5 Å². The summed E-state index contributed by atoms with van der Waals surface area (Å²) < 4.78 is 3.57. The van der Waals surface area contributed by atoms with Gasteiger partial charge in [0.1, 0.15) is 16.4 Å². The molecular weight excluding hydrogens is 681 g/mol. The molecule has 3 aromatic heterocycles. The highest BCUT2D eigenvalue weighted by atomic mass is 79.9. The van der Waals surface area contributed by atoms with Gasteiger partial charge in [0.05, 0.1) is 21.5 Å². The van der Waals surface area contributed by atoms with Crippen LogP contribution in [0.3, 0.4) is 0 Å². The Hall–Kier alpha value is -4.48. The Morgan fingerprint density at radius 1 is 0.841 bits per heavy atom. The number of nitrogen functional groups attached to an aromatic ring is 1. The average Bonchev–Trinajstić information content (AvgIpc) is 3.60. The fraction of sp³-hybridized carbons (Fsp3) is 0. The monoisotopic (exact) mass is 699 g/mol. The summed E-state index contributed by atoms with van der Waals surface area (Å²) >= 11 is 17.2. The fourth-order valence-corrected chi connectivity index (χ4v) is 6.36. The Morgan fingerprint density at radius 3 is 2.18 bits per heavy atom. The summed E-state index contributed by atoms with van der Waals surface area (Å²) in [5.41, 5.74) is 11.4. The molecule has 1 amide bonds. The second kappa shape index (κ2) is 11.5. The molecule has 216 valence electrons. The van der Waals surface area contributed by atoms with Crippen LogP contribution in [0.1, 0.15) is 10.4 Å². The topological polar surface area (TPSA) is 110 Å². The molecule has 7 aromatic rings. The third-order valence-electron chi connectivity index (χ3n) is 6.85. The number of carbonyl (C=O) groups is 1. The van der Waals surface area contributed by atoms with Gasteiger partial charge in [-0.15, -0.1) is 16.4 Å². The van der Waals surface area contributed by atoms with Crippen molar-refractivity contribution in [3.05, 3.63) is 117 Å². The number of rotatable bonds is 6. The van der Waals surface area contributed by atoms with E-state index in [2.05, 4.69) is 26.6 Å². The van der Waals surface area contributed by atoms with Gasteiger partial charge in [0, 0.05) is 31.5 Å². The summed E-state index contributed by atoms with van der Waals surface area (Å²) in [6.07, 6.45) is 0. The number of amides is 1. The predicted octanol–water partition coefficient (Wildman–Crippen LogP) is 9.32. The number of nitrogens with zero attached hydrogens (tertiary/aromatic N) is 4. The SMILES string of the molecule is Nc1nc2c(C(=O)Nc3ccc(Cl)cc3)c(Nc3ccc(Cl)cc3)nn2c(-c2ccc(Br)cc2)c1-c1nc2ccccc2s1. The number of para-hydroxylation sites is 1. The quantitative estimate of drug-likeness (QED) is 0.160. The van der Waals surface area contributed by atoms with Gasteiger partial charge in [-0.1, -0.05) is 63.4 Å². The maximum Gasteiger partial charge on any atom is 0.263 e. The first-order valence-corrected chi connectivity index (χ1v) is 15.6. The summed E-state index contributed by atoms with van der Waals surface area (Å²) in [5.74, 6) is 0.0682. The molecule has 0 aliphatic rings. The number of benzene rings is 4. The smallest absolute Gasteiger partial charge is 0.263 e. The minimum atomic E-state index is -0.430. The van der Waals surface area contributed by atoms with Crippen molar-refractivity contribution in [3.8, 4) is 21.8 Å². The van der Waals surface area contributed by atoms with Crippen LogP contribution >= 0.6 is 50.5 Å². The molecule has 0 saturated heterocycles. The molecule has 3 heterocycles. The molecule has 0 saturated carbocycles. The van der Waals surface area contributed by atoms with Crippen LogP contribution in [0.25, 0.3) is 37.7 Å². The largest absolute Gasteiger partial charge is 0.383 e. The molecule has 0 aliphatic heterocycles. The van der Waals surface area contributed by atoms with E-state index >= 15 is 0 Å². The summed E-state index contributed by atoms with van der Waals surface area (Å²) in [6.45, 7) is 0. The molecule has 0 fully saturated rings. The first kappa shape index (κ1) is 28.3. The highest BCUT2D eigenvalue weighted by molar-refractivity contribution is 9.10. The number of halogens is 3. The Balaban J connectivity index is 1.49. The first-order chi connectivity index (χ1) is 21.3. The highest BCUT2D eigenvalue weighted by Crippen LogP contribution is 2.41. The van der Waals surface area contributed by atoms with Crippen LogP contribution in [-0.2, 0) is 0 Å². The minimum absolute atomic E-state index is 0.204. The summed E-state index contributed by atoms with van der Waals surface area (Å²) in [6, 6.07) is 29.6. The zero-order valence-corrected chi connectivity index (χ0v) is 26.5. The number of anilines is 4. The Bertz CT molecular complexity index is 2150. The van der Waals surface area contributed by atoms with Crippen molar-refractivity contribution in [3.63, 3.8) is 0 Å². The number of thiazole rings is 1. The molecule has 4 aromatic carbocycles. The lowest BCUT2D eigenvalue weighted by molar-refractivity contribution is 0.102. The van der Waals surface area contributed by atoms with E-state index in [9.17, 15) is 4.79 Å². The molecule has 7 rings (SSSR count). The van der Waals surface area contributed by atoms with Crippen LogP contribution in [0.5, 0.6) is 0 Å². The van der Waals surface area contributed by atoms with Crippen molar-refractivity contribution in [2.45, 2.75) is 0 Å². The van der Waals surface area contributed by atoms with Gasteiger partial charge >= 0.3 is 0 Å². The van der Waals surface area contributed by atoms with Crippen molar-refractivity contribution < 1.29 is 4.79 Å². The third-order valence-corrected chi connectivity index (χ3v) is 8.94. The van der Waals surface area contributed by atoms with E-state index in [0.717, 1.165) is 20.3 Å². The molecule has 0 bridgehead atoms. The maximum atomic E-state index is 14.0. The summed E-state index contributed by atoms with van der Waals surface area (Å²) in [5, 5.41) is 13.0. The van der Waals surface area contributed by atoms with E-state index in [1.54, 1.807) is 53.0 Å². The first-order valence-electron chi connectivity index (χ1n) is 13.3. The van der Waals surface area contributed by atoms with Crippen LogP contribution in [-0.4, -0.2) is 25.5 Å². The van der Waals surface area contributed by atoms with Crippen molar-refractivity contribution >= 4 is 95.3 Å². The van der Waals surface area contributed by atoms with Gasteiger partial charge in [0.25, 0.3) is 5.91 Å². The molecule has 0 spiro atoms. The zero-order chi connectivity index (χ0) is 30.4. The van der Waals surface area contributed by atoms with E-state index < -0.39 is 5.91 Å². The third kappa shape index (κ3) is 5.37. The van der Waals surface area contributed by atoms with E-state index in [4.69, 9.17) is 44.0 Å². The number of hydrogen-bond acceptors (Lipinski definition) is 7. The maximum absolute atomic E-state index is 14.0. The van der Waals surface area contributed by atoms with Crippen LogP contribution in [0.15, 0.2) is 102 Å². The lowest BCUT2D eigenvalue weighted by Crippen LogP contribution is -2.14. The van der Waals surface area contributed by atoms with Crippen LogP contribution < -0.4 is 16.4 Å². The van der Waals surface area contributed by atoms with Crippen LogP contribution in [0.4, 0.5) is 23.0 Å². The molecule has 0 aliphatic carbocycles. The molecule has 8 nitrogen and oxygen atoms in total. The molecule has 4 N–H and O–H groups in total. The normalized spacial score (nSPS) is 11.2. The molecule has 0 unspecified atom stereocenters. The second-order valence-corrected chi connectivity index (χ2v) is 12.6. The second-order valence-electron chi connectivity index (χ2n) is 9.77. The number of nitrogens with two attached hydrogens (primary N) is 1. The predicted molar refractivity (Wildman–Crippen MR) is 183 cm³/mol. The lowest BCUT2D eigenvalue weighted by atomic mass is 10.1. The Morgan fingerprint density at radius 2 is 1.50 bits per heavy atom. The summed E-state index contributed by atoms with van der Waals surface area (Å²) in [4.78, 5) is 23.6. The van der Waals surface area contributed by atoms with Gasteiger partial charge < -0.3 is 16.4 Å². The fourth-order valence-electron chi connectivity index (χ4n) is 4.82. The van der Waals surface area contributed by atoms with Crippen molar-refractivity contribution in [2.75, 3.05) is 16.4 Å². The zero-order valence-electron chi connectivity index (χ0n) is 22.6. The highest BCUT2D eigenvalue weighted by Gasteiger charge is 2.28. The van der Waals surface area contributed by atoms with Crippen LogP contribution in [0.2, 0.25) is 10.0 Å². The standard InChI is InChI=1S/C32H20BrCl2N7OS/c33-18-7-5-17(6-8-18)27-25(32-39-23-3-1-2-4-24(23)44-32)28(36)40-30-26(31(43)38-22-15-11-20(35)12-16-22)29(41-42(27)30)37-21-13-9-19(34)10-14-21/h1-16H,(H2,36,40)(H,37,41)(H,38,43). The summed E-state index contributed by atoms with van der Waals surface area (Å²) in [7, 11) is 0. The number of aromatic nitrogens is 4. The average molecular weight is 701 g/mol. The Labute approximate surface area is 273 Å². The van der Waals surface area contributed by atoms with E-state index in [1.807, 2.05) is 48.5 Å². The van der Waals surface area contributed by atoms with E-state index in [-0.39, 0.29) is 22.8 Å². The van der Waals surface area contributed by atoms with Crippen LogP contribution in [0, 0.1) is 0 Å². The number of carbonyl (C=O) groups excluding carboxylic acids is 1. The molecule has 12 heteroatoms. The van der Waals surface area contributed by atoms with E-state index in [0.29, 0.717) is 37.7 Å². The van der Waals surface area contributed by atoms with Gasteiger partial charge in [0.2, 0.25) is 0 Å². The van der Waals surface area contributed by atoms with Crippen molar-refractivity contribution in [1.29, 1.82) is 0 Å². The molecular formula is C32H20BrCl2N7OS. The minimum Gasteiger partial charge on any atom is -0.383 e.